The van der Waals surface area contributed by atoms with E-state index in [1.807, 2.05) is 17.6 Å². The maximum Gasteiger partial charge on any atom is 0.309 e. The first-order valence-corrected chi connectivity index (χ1v) is 8.19. The fourth-order valence-corrected chi connectivity index (χ4v) is 3.33. The molecule has 0 radical (unpaired) electrons. The Balaban J connectivity index is 2.37. The number of hydrogen-bond acceptors (Lipinski definition) is 4. The number of carbonyl (C=O) groups excluding carboxylic acids is 2. The van der Waals surface area contributed by atoms with Crippen LogP contribution in [0.2, 0.25) is 0 Å². The zero-order valence-corrected chi connectivity index (χ0v) is 13.9. The number of aliphatic carboxylic acids is 1. The van der Waals surface area contributed by atoms with Gasteiger partial charge in [0.25, 0.3) is 0 Å². The molecule has 1 aromatic heterocycles. The molecule has 3 N–H and O–H groups in total. The van der Waals surface area contributed by atoms with Crippen LogP contribution in [0.4, 0.5) is 0 Å². The van der Waals surface area contributed by atoms with E-state index in [-0.39, 0.29) is 24.3 Å². The van der Waals surface area contributed by atoms with Crippen molar-refractivity contribution in [1.29, 1.82) is 0 Å². The summed E-state index contributed by atoms with van der Waals surface area (Å²) in [6, 6.07) is 5.13. The summed E-state index contributed by atoms with van der Waals surface area (Å²) in [7, 11) is 0. The molecule has 0 aliphatic carbocycles. The first-order chi connectivity index (χ1) is 12.0. The van der Waals surface area contributed by atoms with E-state index in [1.54, 1.807) is 12.1 Å². The summed E-state index contributed by atoms with van der Waals surface area (Å²) in [6.45, 7) is 2.54. The van der Waals surface area contributed by atoms with Crippen LogP contribution in [0.25, 0.3) is 10.9 Å². The van der Waals surface area contributed by atoms with E-state index < -0.39 is 11.9 Å². The third-order valence-corrected chi connectivity index (χ3v) is 4.38. The molecule has 0 saturated heterocycles. The molecule has 130 valence electrons. The molecule has 1 amide bonds. The minimum absolute atomic E-state index is 0.115. The standard InChI is InChI=1S/C18H19N3O4/c1-2-3-7-21-12-6-4-5-10(18(19)25)15(12)16-13(22)9-20-11(17(16)21)8-14(23)24/h4-6H,2-3,7-9H2,1H3,(H2,19,25)(H,23,24). The lowest BCUT2D eigenvalue weighted by molar-refractivity contribution is -0.135. The van der Waals surface area contributed by atoms with Gasteiger partial charge in [0.15, 0.2) is 5.78 Å². The molecule has 2 aromatic rings. The number of nitrogens with two attached hydrogens (primary N) is 1. The van der Waals surface area contributed by atoms with Crippen molar-refractivity contribution in [3.63, 3.8) is 0 Å². The highest BCUT2D eigenvalue weighted by Gasteiger charge is 2.31. The number of ketones is 1. The van der Waals surface area contributed by atoms with Gasteiger partial charge in [0.2, 0.25) is 5.91 Å². The Bertz CT molecular complexity index is 924. The molecular formula is C18H19N3O4. The van der Waals surface area contributed by atoms with Crippen LogP contribution in [-0.2, 0) is 11.3 Å². The number of benzene rings is 1. The highest BCUT2D eigenvalue weighted by atomic mass is 16.4. The van der Waals surface area contributed by atoms with Gasteiger partial charge in [-0.15, -0.1) is 0 Å². The maximum atomic E-state index is 12.6. The van der Waals surface area contributed by atoms with Crippen LogP contribution in [0.3, 0.4) is 0 Å². The van der Waals surface area contributed by atoms with Crippen LogP contribution in [0.1, 0.15) is 52.6 Å². The summed E-state index contributed by atoms with van der Waals surface area (Å²) in [4.78, 5) is 39.8. The number of aryl methyl sites for hydroxylation is 1. The number of fused-ring (bicyclic) bond motifs is 3. The number of carbonyl (C=O) groups is 3. The van der Waals surface area contributed by atoms with Gasteiger partial charge in [-0.05, 0) is 18.6 Å². The van der Waals surface area contributed by atoms with E-state index in [1.165, 1.54) is 0 Å². The Labute approximate surface area is 144 Å². The Morgan fingerprint density at radius 1 is 1.36 bits per heavy atom. The molecule has 7 heteroatoms. The van der Waals surface area contributed by atoms with Crippen LogP contribution in [0.15, 0.2) is 23.2 Å². The van der Waals surface area contributed by atoms with E-state index in [0.29, 0.717) is 34.4 Å². The summed E-state index contributed by atoms with van der Waals surface area (Å²) >= 11 is 0. The number of rotatable bonds is 6. The third-order valence-electron chi connectivity index (χ3n) is 4.38. The van der Waals surface area contributed by atoms with Gasteiger partial charge in [-0.2, -0.15) is 0 Å². The zero-order chi connectivity index (χ0) is 18.1. The molecule has 0 bridgehead atoms. The van der Waals surface area contributed by atoms with Crippen molar-refractivity contribution in [2.24, 2.45) is 10.7 Å². The van der Waals surface area contributed by atoms with Gasteiger partial charge >= 0.3 is 5.97 Å². The van der Waals surface area contributed by atoms with E-state index >= 15 is 0 Å². The van der Waals surface area contributed by atoms with Crippen LogP contribution in [0.5, 0.6) is 0 Å². The minimum atomic E-state index is -1.01. The van der Waals surface area contributed by atoms with Gasteiger partial charge in [-0.3, -0.25) is 19.4 Å². The van der Waals surface area contributed by atoms with Crippen molar-refractivity contribution in [1.82, 2.24) is 4.57 Å². The predicted molar refractivity (Wildman–Crippen MR) is 93.4 cm³/mol. The number of carboxylic acids is 1. The second-order valence-electron chi connectivity index (χ2n) is 6.05. The molecule has 3 rings (SSSR count). The van der Waals surface area contributed by atoms with Crippen molar-refractivity contribution in [2.75, 3.05) is 6.54 Å². The molecule has 2 heterocycles. The van der Waals surface area contributed by atoms with Gasteiger partial charge in [0.05, 0.1) is 28.9 Å². The molecule has 1 aliphatic heterocycles. The highest BCUT2D eigenvalue weighted by Crippen LogP contribution is 2.33. The predicted octanol–water partition coefficient (Wildman–Crippen LogP) is 2.00. The first kappa shape index (κ1) is 16.9. The third kappa shape index (κ3) is 2.82. The molecule has 0 fully saturated rings. The van der Waals surface area contributed by atoms with Crippen molar-refractivity contribution in [2.45, 2.75) is 32.7 Å². The zero-order valence-electron chi connectivity index (χ0n) is 13.9. The Morgan fingerprint density at radius 2 is 2.12 bits per heavy atom. The Hall–Kier alpha value is -2.96. The largest absolute Gasteiger partial charge is 0.481 e. The molecular weight excluding hydrogens is 322 g/mol. The fourth-order valence-electron chi connectivity index (χ4n) is 3.33. The number of aromatic nitrogens is 1. The number of amides is 1. The van der Waals surface area contributed by atoms with Crippen molar-refractivity contribution < 1.29 is 19.5 Å². The fraction of sp³-hybridized carbons (Fsp3) is 0.333. The normalized spacial score (nSPS) is 13.6. The average molecular weight is 341 g/mol. The Morgan fingerprint density at radius 3 is 2.76 bits per heavy atom. The molecule has 25 heavy (non-hydrogen) atoms. The lowest BCUT2D eigenvalue weighted by atomic mass is 9.96. The molecule has 1 aliphatic rings. The smallest absolute Gasteiger partial charge is 0.309 e. The SMILES string of the molecule is CCCCn1c2c(c3c(C(N)=O)cccc31)C(=O)CN=C2CC(=O)O. The number of primary amides is 1. The summed E-state index contributed by atoms with van der Waals surface area (Å²) in [6.07, 6.45) is 1.52. The topological polar surface area (TPSA) is 115 Å². The van der Waals surface area contributed by atoms with E-state index in [4.69, 9.17) is 5.73 Å². The summed E-state index contributed by atoms with van der Waals surface area (Å²) in [5.74, 6) is -1.85. The molecule has 7 nitrogen and oxygen atoms in total. The number of carboxylic acid groups (broad SMARTS) is 1. The summed E-state index contributed by atoms with van der Waals surface area (Å²) < 4.78 is 1.90. The molecule has 0 spiro atoms. The molecule has 0 saturated carbocycles. The lowest BCUT2D eigenvalue weighted by Gasteiger charge is -2.16. The molecule has 0 unspecified atom stereocenters. The van der Waals surface area contributed by atoms with Gasteiger partial charge in [-0.25, -0.2) is 0 Å². The summed E-state index contributed by atoms with van der Waals surface area (Å²) in [5, 5.41) is 9.70. The van der Waals surface area contributed by atoms with Crippen LogP contribution in [-0.4, -0.2) is 39.6 Å². The number of nitrogens with zero attached hydrogens (tertiary/aromatic N) is 2. The second kappa shape index (κ2) is 6.51. The van der Waals surface area contributed by atoms with Gasteiger partial charge < -0.3 is 15.4 Å². The second-order valence-corrected chi connectivity index (χ2v) is 6.05. The number of aliphatic imine (C=N–C) groups is 1. The van der Waals surface area contributed by atoms with E-state index in [9.17, 15) is 19.5 Å². The van der Waals surface area contributed by atoms with Gasteiger partial charge in [0.1, 0.15) is 6.54 Å². The van der Waals surface area contributed by atoms with Crippen molar-refractivity contribution in [3.05, 3.63) is 35.0 Å². The highest BCUT2D eigenvalue weighted by molar-refractivity contribution is 6.26. The van der Waals surface area contributed by atoms with Crippen LogP contribution >= 0.6 is 0 Å². The first-order valence-electron chi connectivity index (χ1n) is 8.19. The number of hydrogen-bond donors (Lipinski definition) is 2. The monoisotopic (exact) mass is 341 g/mol. The molecule has 0 atom stereocenters. The van der Waals surface area contributed by atoms with Gasteiger partial charge in [0, 0.05) is 17.5 Å². The Kier molecular flexibility index (Phi) is 4.39. The van der Waals surface area contributed by atoms with Crippen LogP contribution < -0.4 is 5.73 Å². The van der Waals surface area contributed by atoms with Crippen LogP contribution in [0, 0.1) is 0 Å². The lowest BCUT2D eigenvalue weighted by Crippen LogP contribution is -2.24. The van der Waals surface area contributed by atoms with Gasteiger partial charge in [-0.1, -0.05) is 19.4 Å². The van der Waals surface area contributed by atoms with E-state index in [0.717, 1.165) is 12.8 Å². The maximum absolute atomic E-state index is 12.6. The van der Waals surface area contributed by atoms with Crippen molar-refractivity contribution >= 4 is 34.3 Å². The molecule has 1 aromatic carbocycles. The quantitative estimate of drug-likeness (QED) is 0.836. The summed E-state index contributed by atoms with van der Waals surface area (Å²) in [5.41, 5.74) is 7.73. The van der Waals surface area contributed by atoms with E-state index in [2.05, 4.69) is 4.99 Å². The minimum Gasteiger partial charge on any atom is -0.481 e. The number of Topliss-reactive ketones (excluding diaryl/α,β-unsaturated/α-hetero) is 1. The average Bonchev–Trinajstić information content (AvgIpc) is 2.90. The van der Waals surface area contributed by atoms with Crippen molar-refractivity contribution in [3.8, 4) is 0 Å². The number of unbranched alkanes of at least 4 members (excludes halogenated alkanes) is 1.